The van der Waals surface area contributed by atoms with Gasteiger partial charge in [-0.15, -0.1) is 0 Å². The van der Waals surface area contributed by atoms with Crippen molar-refractivity contribution in [3.05, 3.63) is 52.3 Å². The number of nitrogens with one attached hydrogen (secondary N) is 2. The smallest absolute Gasteiger partial charge is 0.418 e. The Kier molecular flexibility index (Phi) is 6.30. The third-order valence-corrected chi connectivity index (χ3v) is 4.13. The summed E-state index contributed by atoms with van der Waals surface area (Å²) in [7, 11) is 0. The molecule has 1 amide bonds. The summed E-state index contributed by atoms with van der Waals surface area (Å²) in [5, 5.41) is 2.31. The number of carbonyl (C=O) groups excluding carboxylic acids is 2. The molecule has 2 aromatic rings. The minimum Gasteiger partial charge on any atom is -0.462 e. The SMILES string of the molecule is CCOC(=O)c1c(C)[nH]c(CCC(=O)Nc2ccccc2C(F)(F)F)c1C. The van der Waals surface area contributed by atoms with E-state index >= 15 is 0 Å². The number of carbonyl (C=O) groups is 2. The third-order valence-electron chi connectivity index (χ3n) is 4.13. The van der Waals surface area contributed by atoms with Crippen molar-refractivity contribution < 1.29 is 27.5 Å². The van der Waals surface area contributed by atoms with Gasteiger partial charge in [0.1, 0.15) is 0 Å². The molecule has 0 unspecified atom stereocenters. The number of benzene rings is 1. The van der Waals surface area contributed by atoms with Gasteiger partial charge in [0.05, 0.1) is 23.4 Å². The minimum atomic E-state index is -4.55. The van der Waals surface area contributed by atoms with Gasteiger partial charge in [-0.2, -0.15) is 13.2 Å². The van der Waals surface area contributed by atoms with Crippen LogP contribution >= 0.6 is 0 Å². The van der Waals surface area contributed by atoms with Crippen LogP contribution < -0.4 is 5.32 Å². The highest BCUT2D eigenvalue weighted by Crippen LogP contribution is 2.34. The van der Waals surface area contributed by atoms with Gasteiger partial charge in [-0.05, 0) is 44.9 Å². The van der Waals surface area contributed by atoms with Gasteiger partial charge in [0.25, 0.3) is 0 Å². The molecule has 146 valence electrons. The minimum absolute atomic E-state index is 0.0325. The van der Waals surface area contributed by atoms with E-state index in [0.29, 0.717) is 22.5 Å². The summed E-state index contributed by atoms with van der Waals surface area (Å²) in [5.41, 5.74) is 1.24. The number of halogens is 3. The molecule has 0 saturated heterocycles. The largest absolute Gasteiger partial charge is 0.462 e. The first-order valence-corrected chi connectivity index (χ1v) is 8.46. The topological polar surface area (TPSA) is 71.2 Å². The molecule has 2 N–H and O–H groups in total. The van der Waals surface area contributed by atoms with Crippen molar-refractivity contribution in [3.63, 3.8) is 0 Å². The number of para-hydroxylation sites is 1. The molecule has 0 saturated carbocycles. The highest BCUT2D eigenvalue weighted by atomic mass is 19.4. The summed E-state index contributed by atoms with van der Waals surface area (Å²) >= 11 is 0. The van der Waals surface area contributed by atoms with Gasteiger partial charge in [-0.25, -0.2) is 4.79 Å². The van der Waals surface area contributed by atoms with E-state index in [2.05, 4.69) is 10.3 Å². The van der Waals surface area contributed by atoms with Crippen molar-refractivity contribution in [3.8, 4) is 0 Å². The zero-order valence-corrected chi connectivity index (χ0v) is 15.3. The lowest BCUT2D eigenvalue weighted by atomic mass is 10.1. The molecule has 0 fully saturated rings. The predicted molar refractivity (Wildman–Crippen MR) is 94.6 cm³/mol. The Bertz CT molecular complexity index is 841. The number of hydrogen-bond acceptors (Lipinski definition) is 3. The maximum absolute atomic E-state index is 13.0. The molecule has 0 spiro atoms. The third kappa shape index (κ3) is 4.90. The molecule has 1 aromatic heterocycles. The van der Waals surface area contributed by atoms with Gasteiger partial charge in [0.15, 0.2) is 0 Å². The molecule has 0 bridgehead atoms. The Balaban J connectivity index is 2.07. The van der Waals surface area contributed by atoms with Crippen LogP contribution in [0.1, 0.15) is 46.2 Å². The van der Waals surface area contributed by atoms with Gasteiger partial charge in [0, 0.05) is 17.8 Å². The summed E-state index contributed by atoms with van der Waals surface area (Å²) in [5.74, 6) is -0.991. The van der Waals surface area contributed by atoms with Crippen LogP contribution in [0.2, 0.25) is 0 Å². The molecule has 0 atom stereocenters. The number of aromatic amines is 1. The van der Waals surface area contributed by atoms with Gasteiger partial charge in [0.2, 0.25) is 5.91 Å². The molecule has 27 heavy (non-hydrogen) atoms. The number of ether oxygens (including phenoxy) is 1. The normalized spacial score (nSPS) is 11.3. The molecule has 2 rings (SSSR count). The second-order valence-corrected chi connectivity index (χ2v) is 6.04. The average molecular weight is 382 g/mol. The van der Waals surface area contributed by atoms with Crippen molar-refractivity contribution in [1.82, 2.24) is 4.98 Å². The average Bonchev–Trinajstić information content (AvgIpc) is 2.86. The van der Waals surface area contributed by atoms with E-state index < -0.39 is 23.6 Å². The van der Waals surface area contributed by atoms with Crippen molar-refractivity contribution in [2.75, 3.05) is 11.9 Å². The molecule has 5 nitrogen and oxygen atoms in total. The fourth-order valence-corrected chi connectivity index (χ4v) is 2.86. The zero-order chi connectivity index (χ0) is 20.2. The number of amides is 1. The van der Waals surface area contributed by atoms with Gasteiger partial charge >= 0.3 is 12.1 Å². The number of anilines is 1. The van der Waals surface area contributed by atoms with Crippen LogP contribution in [-0.2, 0) is 22.1 Å². The standard InChI is InChI=1S/C19H21F3N2O3/c1-4-27-18(26)17-11(2)14(23-12(17)3)9-10-16(25)24-15-8-6-5-7-13(15)19(20,21)22/h5-8,23H,4,9-10H2,1-3H3,(H,24,25). The molecular weight excluding hydrogens is 361 g/mol. The van der Waals surface area contributed by atoms with Crippen LogP contribution in [0.3, 0.4) is 0 Å². The van der Waals surface area contributed by atoms with Gasteiger partial charge < -0.3 is 15.0 Å². The number of H-pyrrole nitrogens is 1. The zero-order valence-electron chi connectivity index (χ0n) is 15.3. The van der Waals surface area contributed by atoms with Crippen LogP contribution in [-0.4, -0.2) is 23.5 Å². The van der Waals surface area contributed by atoms with E-state index in [1.54, 1.807) is 20.8 Å². The quantitative estimate of drug-likeness (QED) is 0.728. The highest BCUT2D eigenvalue weighted by molar-refractivity contribution is 5.93. The van der Waals surface area contributed by atoms with E-state index in [-0.39, 0.29) is 25.1 Å². The Morgan fingerprint density at radius 3 is 2.48 bits per heavy atom. The summed E-state index contributed by atoms with van der Waals surface area (Å²) in [6.45, 7) is 5.42. The number of aryl methyl sites for hydroxylation is 2. The summed E-state index contributed by atoms with van der Waals surface area (Å²) in [6, 6.07) is 4.82. The molecule has 1 aromatic carbocycles. The van der Waals surface area contributed by atoms with E-state index in [9.17, 15) is 22.8 Å². The second-order valence-electron chi connectivity index (χ2n) is 6.04. The highest BCUT2D eigenvalue weighted by Gasteiger charge is 2.33. The predicted octanol–water partition coefficient (Wildman–Crippen LogP) is 4.40. The van der Waals surface area contributed by atoms with E-state index in [0.717, 1.165) is 6.07 Å². The molecule has 0 aliphatic carbocycles. The van der Waals surface area contributed by atoms with Crippen LogP contribution in [0.5, 0.6) is 0 Å². The van der Waals surface area contributed by atoms with Crippen LogP contribution in [0, 0.1) is 13.8 Å². The monoisotopic (exact) mass is 382 g/mol. The first-order chi connectivity index (χ1) is 12.6. The number of rotatable bonds is 6. The molecule has 8 heteroatoms. The van der Waals surface area contributed by atoms with Crippen molar-refractivity contribution in [2.45, 2.75) is 39.8 Å². The number of alkyl halides is 3. The van der Waals surface area contributed by atoms with Crippen molar-refractivity contribution in [2.24, 2.45) is 0 Å². The lowest BCUT2D eigenvalue weighted by molar-refractivity contribution is -0.137. The van der Waals surface area contributed by atoms with Crippen LogP contribution in [0.15, 0.2) is 24.3 Å². The molecule has 1 heterocycles. The van der Waals surface area contributed by atoms with Gasteiger partial charge in [-0.1, -0.05) is 12.1 Å². The first-order valence-electron chi connectivity index (χ1n) is 8.46. The molecular formula is C19H21F3N2O3. The Morgan fingerprint density at radius 2 is 1.85 bits per heavy atom. The molecule has 0 radical (unpaired) electrons. The maximum atomic E-state index is 13.0. The lowest BCUT2D eigenvalue weighted by Gasteiger charge is -2.13. The molecule has 0 aliphatic heterocycles. The van der Waals surface area contributed by atoms with Crippen molar-refractivity contribution in [1.29, 1.82) is 0 Å². The molecule has 0 aliphatic rings. The fraction of sp³-hybridized carbons (Fsp3) is 0.368. The lowest BCUT2D eigenvalue weighted by Crippen LogP contribution is -2.17. The Morgan fingerprint density at radius 1 is 1.19 bits per heavy atom. The summed E-state index contributed by atoms with van der Waals surface area (Å²) in [4.78, 5) is 27.1. The second kappa shape index (κ2) is 8.28. The Labute approximate surface area is 154 Å². The van der Waals surface area contributed by atoms with E-state index in [4.69, 9.17) is 4.74 Å². The maximum Gasteiger partial charge on any atom is 0.418 e. The van der Waals surface area contributed by atoms with Crippen molar-refractivity contribution >= 4 is 17.6 Å². The number of aromatic nitrogens is 1. The summed E-state index contributed by atoms with van der Waals surface area (Å²) < 4.78 is 44.0. The Hall–Kier alpha value is -2.77. The van der Waals surface area contributed by atoms with Gasteiger partial charge in [-0.3, -0.25) is 4.79 Å². The fourth-order valence-electron chi connectivity index (χ4n) is 2.86. The number of hydrogen-bond donors (Lipinski definition) is 2. The summed E-state index contributed by atoms with van der Waals surface area (Å²) in [6.07, 6.45) is -4.33. The van der Waals surface area contributed by atoms with Crippen LogP contribution in [0.4, 0.5) is 18.9 Å². The van der Waals surface area contributed by atoms with E-state index in [1.807, 2.05) is 0 Å². The van der Waals surface area contributed by atoms with Crippen LogP contribution in [0.25, 0.3) is 0 Å². The first kappa shape index (κ1) is 20.5. The van der Waals surface area contributed by atoms with E-state index in [1.165, 1.54) is 18.2 Å². The number of esters is 1.